The average molecular weight is 298 g/mol. The molecule has 0 saturated carbocycles. The van der Waals surface area contributed by atoms with Crippen molar-refractivity contribution in [3.63, 3.8) is 0 Å². The minimum Gasteiger partial charge on any atom is -0.467 e. The maximum Gasteiger partial charge on any atom is 0.230 e. The smallest absolute Gasteiger partial charge is 0.230 e. The summed E-state index contributed by atoms with van der Waals surface area (Å²) < 4.78 is 5.22. The fourth-order valence-electron chi connectivity index (χ4n) is 2.14. The van der Waals surface area contributed by atoms with Crippen molar-refractivity contribution in [2.75, 3.05) is 6.61 Å². The van der Waals surface area contributed by atoms with Crippen LogP contribution >= 0.6 is 0 Å². The molecule has 2 aromatic rings. The molecule has 1 aromatic carbocycles. The van der Waals surface area contributed by atoms with E-state index >= 15 is 0 Å². The van der Waals surface area contributed by atoms with Gasteiger partial charge in [0.2, 0.25) is 5.91 Å². The molecular formula is C17H18N2O3. The monoisotopic (exact) mass is 298 g/mol. The van der Waals surface area contributed by atoms with Gasteiger partial charge >= 0.3 is 0 Å². The summed E-state index contributed by atoms with van der Waals surface area (Å²) in [7, 11) is 0. The van der Waals surface area contributed by atoms with Crippen LogP contribution in [0.3, 0.4) is 0 Å². The number of hydrogen-bond acceptors (Lipinski definition) is 4. The number of nitrogens with one attached hydrogen (secondary N) is 1. The molecule has 1 heterocycles. The number of aliphatic hydroxyl groups is 1. The maximum absolute atomic E-state index is 12.6. The van der Waals surface area contributed by atoms with Gasteiger partial charge in [-0.05, 0) is 43.7 Å². The number of nitriles is 1. The number of aliphatic hydroxyl groups excluding tert-OH is 1. The molecule has 1 unspecified atom stereocenters. The molecule has 2 N–H and O–H groups in total. The van der Waals surface area contributed by atoms with E-state index in [4.69, 9.17) is 9.68 Å². The Bertz CT molecular complexity index is 684. The molecule has 1 atom stereocenters. The summed E-state index contributed by atoms with van der Waals surface area (Å²) in [5.74, 6) is 0.246. The van der Waals surface area contributed by atoms with Crippen molar-refractivity contribution in [1.82, 2.24) is 5.32 Å². The fraction of sp³-hybridized carbons (Fsp3) is 0.294. The molecule has 0 bridgehead atoms. The van der Waals surface area contributed by atoms with Gasteiger partial charge in [0.05, 0.1) is 29.9 Å². The topological polar surface area (TPSA) is 86.3 Å². The number of benzene rings is 1. The van der Waals surface area contributed by atoms with E-state index in [2.05, 4.69) is 11.4 Å². The average Bonchev–Trinajstić information content (AvgIpc) is 3.06. The fourth-order valence-corrected chi connectivity index (χ4v) is 2.14. The summed E-state index contributed by atoms with van der Waals surface area (Å²) in [6.45, 7) is 3.29. The molecule has 114 valence electrons. The molecule has 5 heteroatoms. The van der Waals surface area contributed by atoms with Crippen LogP contribution in [-0.4, -0.2) is 17.6 Å². The van der Waals surface area contributed by atoms with Crippen LogP contribution in [0.4, 0.5) is 0 Å². The number of hydrogen-bond donors (Lipinski definition) is 2. The highest BCUT2D eigenvalue weighted by Crippen LogP contribution is 2.25. The van der Waals surface area contributed by atoms with Crippen LogP contribution in [0.5, 0.6) is 0 Å². The zero-order valence-electron chi connectivity index (χ0n) is 12.5. The van der Waals surface area contributed by atoms with E-state index in [1.165, 1.54) is 6.26 Å². The lowest BCUT2D eigenvalue weighted by molar-refractivity contribution is -0.126. The summed E-state index contributed by atoms with van der Waals surface area (Å²) in [5, 5.41) is 21.2. The Labute approximate surface area is 129 Å². The number of rotatable bonds is 5. The van der Waals surface area contributed by atoms with Crippen molar-refractivity contribution in [2.24, 2.45) is 0 Å². The third-order valence-electron chi connectivity index (χ3n) is 3.66. The summed E-state index contributed by atoms with van der Waals surface area (Å²) in [5.41, 5.74) is 0.399. The molecule has 0 spiro atoms. The lowest BCUT2D eigenvalue weighted by Crippen LogP contribution is -2.42. The van der Waals surface area contributed by atoms with Gasteiger partial charge in [-0.1, -0.05) is 12.1 Å². The number of amides is 1. The van der Waals surface area contributed by atoms with Gasteiger partial charge in [0, 0.05) is 0 Å². The molecule has 0 aliphatic rings. The molecule has 0 radical (unpaired) electrons. The quantitative estimate of drug-likeness (QED) is 0.886. The maximum atomic E-state index is 12.6. The van der Waals surface area contributed by atoms with Crippen LogP contribution in [0.25, 0.3) is 0 Å². The summed E-state index contributed by atoms with van der Waals surface area (Å²) in [6.07, 6.45) is 1.49. The summed E-state index contributed by atoms with van der Waals surface area (Å²) in [4.78, 5) is 12.6. The third kappa shape index (κ3) is 3.18. The van der Waals surface area contributed by atoms with Gasteiger partial charge in [0.1, 0.15) is 11.8 Å². The zero-order valence-corrected chi connectivity index (χ0v) is 12.5. The summed E-state index contributed by atoms with van der Waals surface area (Å²) in [6, 6.07) is 11.8. The van der Waals surface area contributed by atoms with Gasteiger partial charge in [-0.3, -0.25) is 4.79 Å². The van der Waals surface area contributed by atoms with Crippen molar-refractivity contribution in [3.05, 3.63) is 59.5 Å². The van der Waals surface area contributed by atoms with Crippen LogP contribution in [0, 0.1) is 11.3 Å². The molecule has 1 aromatic heterocycles. The first kappa shape index (κ1) is 15.8. The van der Waals surface area contributed by atoms with Crippen molar-refractivity contribution in [3.8, 4) is 6.07 Å². The molecule has 2 rings (SSSR count). The molecule has 22 heavy (non-hydrogen) atoms. The first-order chi connectivity index (χ1) is 10.5. The summed E-state index contributed by atoms with van der Waals surface area (Å²) >= 11 is 0. The lowest BCUT2D eigenvalue weighted by atomic mass is 9.82. The van der Waals surface area contributed by atoms with Crippen LogP contribution in [0.15, 0.2) is 47.1 Å². The number of carbonyl (C=O) groups excluding carboxylic acids is 1. The van der Waals surface area contributed by atoms with Crippen LogP contribution in [0.1, 0.15) is 36.8 Å². The Balaban J connectivity index is 2.21. The molecule has 0 fully saturated rings. The normalized spacial score (nSPS) is 12.5. The largest absolute Gasteiger partial charge is 0.467 e. The second-order valence-electron chi connectivity index (χ2n) is 5.54. The highest BCUT2D eigenvalue weighted by Gasteiger charge is 2.32. The first-order valence-corrected chi connectivity index (χ1v) is 6.95. The highest BCUT2D eigenvalue weighted by molar-refractivity contribution is 5.87. The van der Waals surface area contributed by atoms with Gasteiger partial charge in [0.25, 0.3) is 0 Å². The SMILES string of the molecule is CC(C)(C(=O)NC(CO)c1ccco1)c1cccc(C#N)c1. The molecular weight excluding hydrogens is 280 g/mol. The van der Waals surface area contributed by atoms with Gasteiger partial charge in [-0.25, -0.2) is 0 Å². The Morgan fingerprint density at radius 1 is 1.41 bits per heavy atom. The Morgan fingerprint density at radius 3 is 2.77 bits per heavy atom. The van der Waals surface area contributed by atoms with Gasteiger partial charge in [0.15, 0.2) is 0 Å². The van der Waals surface area contributed by atoms with E-state index < -0.39 is 11.5 Å². The van der Waals surface area contributed by atoms with Crippen LogP contribution in [-0.2, 0) is 10.2 Å². The van der Waals surface area contributed by atoms with Crippen molar-refractivity contribution in [1.29, 1.82) is 5.26 Å². The standard InChI is InChI=1S/C17H18N2O3/c1-17(2,13-6-3-5-12(9-13)10-18)16(21)19-14(11-20)15-7-4-8-22-15/h3-9,14,20H,11H2,1-2H3,(H,19,21). The Kier molecular flexibility index (Phi) is 4.64. The van der Waals surface area contributed by atoms with Crippen molar-refractivity contribution in [2.45, 2.75) is 25.3 Å². The van der Waals surface area contributed by atoms with Crippen LogP contribution in [0.2, 0.25) is 0 Å². The number of nitrogens with zero attached hydrogens (tertiary/aromatic N) is 1. The number of furan rings is 1. The minimum absolute atomic E-state index is 0.252. The van der Waals surface area contributed by atoms with E-state index in [0.29, 0.717) is 11.3 Å². The van der Waals surface area contributed by atoms with Gasteiger partial charge < -0.3 is 14.8 Å². The van der Waals surface area contributed by atoms with Crippen molar-refractivity contribution >= 4 is 5.91 Å². The van der Waals surface area contributed by atoms with E-state index in [0.717, 1.165) is 5.56 Å². The second-order valence-corrected chi connectivity index (χ2v) is 5.54. The van der Waals surface area contributed by atoms with Gasteiger partial charge in [-0.15, -0.1) is 0 Å². The first-order valence-electron chi connectivity index (χ1n) is 6.95. The number of carbonyl (C=O) groups is 1. The van der Waals surface area contributed by atoms with Crippen LogP contribution < -0.4 is 5.32 Å². The molecule has 1 amide bonds. The molecule has 0 aliphatic carbocycles. The van der Waals surface area contributed by atoms with E-state index in [1.54, 1.807) is 50.2 Å². The predicted octanol–water partition coefficient (Wildman–Crippen LogP) is 2.28. The molecule has 0 aliphatic heterocycles. The molecule has 5 nitrogen and oxygen atoms in total. The lowest BCUT2D eigenvalue weighted by Gasteiger charge is -2.26. The van der Waals surface area contributed by atoms with E-state index in [1.807, 2.05) is 0 Å². The zero-order chi connectivity index (χ0) is 16.2. The van der Waals surface area contributed by atoms with Gasteiger partial charge in [-0.2, -0.15) is 5.26 Å². The minimum atomic E-state index is -0.840. The van der Waals surface area contributed by atoms with E-state index in [9.17, 15) is 9.90 Å². The highest BCUT2D eigenvalue weighted by atomic mass is 16.3. The second kappa shape index (κ2) is 6.46. The van der Waals surface area contributed by atoms with E-state index in [-0.39, 0.29) is 12.5 Å². The Morgan fingerprint density at radius 2 is 2.18 bits per heavy atom. The molecule has 0 saturated heterocycles. The third-order valence-corrected chi connectivity index (χ3v) is 3.66. The Hall–Kier alpha value is -2.58. The van der Waals surface area contributed by atoms with Crippen molar-refractivity contribution < 1.29 is 14.3 Å². The predicted molar refractivity (Wildman–Crippen MR) is 80.9 cm³/mol.